The third-order valence-corrected chi connectivity index (χ3v) is 9.88. The molecule has 0 spiro atoms. The van der Waals surface area contributed by atoms with E-state index >= 15 is 0 Å². The molecular weight excluding hydrogens is 656 g/mol. The van der Waals surface area contributed by atoms with Crippen molar-refractivity contribution in [3.63, 3.8) is 0 Å². The molecule has 1 saturated heterocycles. The van der Waals surface area contributed by atoms with Crippen LogP contribution in [0.25, 0.3) is 0 Å². The highest BCUT2D eigenvalue weighted by Gasteiger charge is 2.58. The molecule has 3 aliphatic rings. The molecule has 3 fully saturated rings. The van der Waals surface area contributed by atoms with Crippen molar-refractivity contribution in [2.75, 3.05) is 33.8 Å². The number of nitrogens with zero attached hydrogens (tertiary/aromatic N) is 2. The van der Waals surface area contributed by atoms with Gasteiger partial charge in [-0.2, -0.15) is 0 Å². The molecule has 6 atom stereocenters. The van der Waals surface area contributed by atoms with Gasteiger partial charge in [0.1, 0.15) is 18.1 Å². The first-order chi connectivity index (χ1) is 24.3. The second-order valence-electron chi connectivity index (χ2n) is 14.6. The van der Waals surface area contributed by atoms with Crippen molar-refractivity contribution in [3.8, 4) is 0 Å². The Morgan fingerprint density at radius 2 is 1.63 bits per heavy atom. The molecule has 4 N–H and O–H groups in total. The molecule has 2 unspecified atom stereocenters. The van der Waals surface area contributed by atoms with Gasteiger partial charge in [0.2, 0.25) is 29.4 Å². The Hall–Kier alpha value is -4.49. The number of carbonyl (C=O) groups is 7. The highest BCUT2D eigenvalue weighted by Crippen LogP contribution is 2.50. The van der Waals surface area contributed by atoms with Crippen LogP contribution in [0.15, 0.2) is 30.3 Å². The predicted molar refractivity (Wildman–Crippen MR) is 188 cm³/mol. The number of amides is 6. The Balaban J connectivity index is 1.39. The van der Waals surface area contributed by atoms with E-state index in [0.717, 1.165) is 38.5 Å². The van der Waals surface area contributed by atoms with E-state index in [0.29, 0.717) is 18.5 Å². The topological polar surface area (TPSA) is 183 Å². The van der Waals surface area contributed by atoms with Crippen LogP contribution < -0.4 is 21.3 Å². The Morgan fingerprint density at radius 3 is 2.25 bits per heavy atom. The largest absolute Gasteiger partial charge is 0.449 e. The first kappa shape index (κ1) is 39.3. The summed E-state index contributed by atoms with van der Waals surface area (Å²) >= 11 is 0. The molecule has 4 rings (SSSR count). The van der Waals surface area contributed by atoms with E-state index < -0.39 is 60.3 Å². The summed E-state index contributed by atoms with van der Waals surface area (Å²) in [7, 11) is 3.13. The summed E-state index contributed by atoms with van der Waals surface area (Å²) in [5, 5.41) is 10.5. The first-order valence-corrected chi connectivity index (χ1v) is 18.2. The average molecular weight is 711 g/mol. The van der Waals surface area contributed by atoms with Gasteiger partial charge in [-0.1, -0.05) is 76.8 Å². The van der Waals surface area contributed by atoms with E-state index in [2.05, 4.69) is 21.3 Å². The van der Waals surface area contributed by atoms with Crippen LogP contribution >= 0.6 is 0 Å². The minimum atomic E-state index is -1.18. The Morgan fingerprint density at radius 1 is 0.941 bits per heavy atom. The number of ether oxygens (including phenoxy) is 1. The minimum Gasteiger partial charge on any atom is -0.449 e. The molecule has 51 heavy (non-hydrogen) atoms. The quantitative estimate of drug-likeness (QED) is 0.188. The molecule has 14 heteroatoms. The van der Waals surface area contributed by atoms with Gasteiger partial charge >= 0.3 is 6.09 Å². The zero-order valence-electron chi connectivity index (χ0n) is 30.4. The third-order valence-electron chi connectivity index (χ3n) is 9.88. The summed E-state index contributed by atoms with van der Waals surface area (Å²) in [5.74, 6) is -3.76. The van der Waals surface area contributed by atoms with Gasteiger partial charge in [0.25, 0.3) is 5.91 Å². The van der Waals surface area contributed by atoms with Gasteiger partial charge in [0.05, 0.1) is 19.2 Å². The average Bonchev–Trinajstić information content (AvgIpc) is 3.78. The molecule has 2 saturated carbocycles. The minimum absolute atomic E-state index is 0.0776. The number of hydrogen-bond donors (Lipinski definition) is 4. The van der Waals surface area contributed by atoms with Crippen molar-refractivity contribution in [2.45, 2.75) is 96.3 Å². The number of benzene rings is 1. The highest BCUT2D eigenvalue weighted by atomic mass is 16.5. The number of nitrogens with one attached hydrogen (secondary N) is 4. The number of hydrogen-bond acceptors (Lipinski definition) is 8. The monoisotopic (exact) mass is 710 g/mol. The van der Waals surface area contributed by atoms with Crippen LogP contribution in [-0.2, 0) is 33.5 Å². The number of likely N-dealkylation sites (N-methyl/N-ethyl adjacent to an activating group) is 1. The van der Waals surface area contributed by atoms with Gasteiger partial charge in [0.15, 0.2) is 0 Å². The zero-order valence-corrected chi connectivity index (χ0v) is 30.4. The standard InChI is InChI=1S/C37H54N6O8/c1-6-13-27(32(45)34(47)38-19-28(44)40-29(35(48)42(4)5)23-14-9-7-10-15-23)39-33(46)31-26-18-25(26)20-43(31)36(49)30(24-16-11-8-12-17-24)41-37(50)51-21-22(2)3/h7,9-10,14-15,22,24-27,29-31H,6,8,11-13,16-21H2,1-5H3,(H,38,47)(H,39,46)(H,40,44)(H,41,50)/t25?,26-,27?,29-,30-,31-/m0/s1. The maximum absolute atomic E-state index is 14.1. The van der Waals surface area contributed by atoms with Gasteiger partial charge in [-0.3, -0.25) is 28.8 Å². The summed E-state index contributed by atoms with van der Waals surface area (Å²) in [6.07, 6.45) is 5.24. The fraction of sp³-hybridized carbons (Fsp3) is 0.649. The van der Waals surface area contributed by atoms with Gasteiger partial charge < -0.3 is 35.8 Å². The molecule has 1 aromatic carbocycles. The SMILES string of the molecule is CCCC(NC(=O)[C@@H]1[C@H]2CC2CN1C(=O)[C@@H](NC(=O)OCC(C)C)C1CCCCC1)C(=O)C(=O)NCC(=O)N[C@H](C(=O)N(C)C)c1ccccc1. The second kappa shape index (κ2) is 18.1. The van der Waals surface area contributed by atoms with Crippen LogP contribution in [-0.4, -0.2) is 103 Å². The van der Waals surface area contributed by atoms with Gasteiger partial charge in [0, 0.05) is 20.6 Å². The lowest BCUT2D eigenvalue weighted by Crippen LogP contribution is -2.59. The predicted octanol–water partition coefficient (Wildman–Crippen LogP) is 2.08. The molecule has 2 aliphatic carbocycles. The Kier molecular flexibility index (Phi) is 14.0. The number of alkyl carbamates (subject to hydrolysis) is 1. The highest BCUT2D eigenvalue weighted by molar-refractivity contribution is 6.38. The smallest absolute Gasteiger partial charge is 0.407 e. The Bertz CT molecular complexity index is 1430. The lowest BCUT2D eigenvalue weighted by atomic mass is 9.83. The number of ketones is 1. The van der Waals surface area contributed by atoms with E-state index in [-0.39, 0.29) is 48.5 Å². The van der Waals surface area contributed by atoms with Gasteiger partial charge in [-0.25, -0.2) is 4.79 Å². The third kappa shape index (κ3) is 10.5. The summed E-state index contributed by atoms with van der Waals surface area (Å²) in [5.41, 5.74) is 0.557. The number of rotatable bonds is 16. The molecule has 0 radical (unpaired) electrons. The summed E-state index contributed by atoms with van der Waals surface area (Å²) < 4.78 is 5.35. The van der Waals surface area contributed by atoms with E-state index in [4.69, 9.17) is 4.74 Å². The summed E-state index contributed by atoms with van der Waals surface area (Å²) in [4.78, 5) is 95.5. The van der Waals surface area contributed by atoms with Crippen molar-refractivity contribution in [1.29, 1.82) is 0 Å². The number of carbonyl (C=O) groups excluding carboxylic acids is 7. The fourth-order valence-electron chi connectivity index (χ4n) is 7.09. The Labute approximate surface area is 300 Å². The molecule has 1 heterocycles. The molecule has 1 aliphatic heterocycles. The number of fused-ring (bicyclic) bond motifs is 1. The lowest BCUT2D eigenvalue weighted by Gasteiger charge is -2.35. The molecule has 14 nitrogen and oxygen atoms in total. The number of likely N-dealkylation sites (tertiary alicyclic amines) is 1. The van der Waals surface area contributed by atoms with Crippen molar-refractivity contribution >= 4 is 41.4 Å². The van der Waals surface area contributed by atoms with Crippen LogP contribution in [0, 0.1) is 23.7 Å². The van der Waals surface area contributed by atoms with Crippen molar-refractivity contribution in [1.82, 2.24) is 31.1 Å². The van der Waals surface area contributed by atoms with E-state index in [1.54, 1.807) is 44.4 Å². The lowest BCUT2D eigenvalue weighted by molar-refractivity contribution is -0.144. The summed E-state index contributed by atoms with van der Waals surface area (Å²) in [6, 6.07) is 4.81. The van der Waals surface area contributed by atoms with Crippen LogP contribution in [0.1, 0.15) is 83.7 Å². The maximum Gasteiger partial charge on any atom is 0.407 e. The molecule has 0 aromatic heterocycles. The number of Topliss-reactive ketones (excluding diaryl/α,β-unsaturated/α-hetero) is 1. The molecule has 0 bridgehead atoms. The van der Waals surface area contributed by atoms with Crippen LogP contribution in [0.5, 0.6) is 0 Å². The first-order valence-electron chi connectivity index (χ1n) is 18.2. The van der Waals surface area contributed by atoms with E-state index in [9.17, 15) is 33.6 Å². The number of piperidine rings is 1. The van der Waals surface area contributed by atoms with Gasteiger partial charge in [-0.15, -0.1) is 0 Å². The summed E-state index contributed by atoms with van der Waals surface area (Å²) in [6.45, 7) is 5.68. The van der Waals surface area contributed by atoms with Crippen LogP contribution in [0.3, 0.4) is 0 Å². The maximum atomic E-state index is 14.1. The van der Waals surface area contributed by atoms with Crippen LogP contribution in [0.2, 0.25) is 0 Å². The fourth-order valence-corrected chi connectivity index (χ4v) is 7.09. The van der Waals surface area contributed by atoms with Crippen LogP contribution in [0.4, 0.5) is 4.79 Å². The van der Waals surface area contributed by atoms with Crippen molar-refractivity contribution in [3.05, 3.63) is 35.9 Å². The van der Waals surface area contributed by atoms with E-state index in [1.807, 2.05) is 20.8 Å². The molecule has 1 aromatic rings. The molecule has 280 valence electrons. The normalized spacial score (nSPS) is 21.4. The van der Waals surface area contributed by atoms with Gasteiger partial charge in [-0.05, 0) is 54.9 Å². The second-order valence-corrected chi connectivity index (χ2v) is 14.6. The molecular formula is C37H54N6O8. The zero-order chi connectivity index (χ0) is 37.2. The van der Waals surface area contributed by atoms with E-state index in [1.165, 1.54) is 9.80 Å². The van der Waals surface area contributed by atoms with Crippen molar-refractivity contribution < 1.29 is 38.3 Å². The molecule has 6 amide bonds. The van der Waals surface area contributed by atoms with Crippen molar-refractivity contribution in [2.24, 2.45) is 23.7 Å².